The molecule has 0 saturated heterocycles. The summed E-state index contributed by atoms with van der Waals surface area (Å²) in [6.07, 6.45) is 0.397. The minimum Gasteiger partial charge on any atom is -0.369 e. The van der Waals surface area contributed by atoms with Gasteiger partial charge in [-0.3, -0.25) is 0 Å². The maximum absolute atomic E-state index is 13.6. The Bertz CT molecular complexity index is 780. The van der Waals surface area contributed by atoms with Crippen LogP contribution in [0.1, 0.15) is 11.7 Å². The van der Waals surface area contributed by atoms with Gasteiger partial charge < -0.3 is 14.8 Å². The number of anilines is 1. The summed E-state index contributed by atoms with van der Waals surface area (Å²) in [5.41, 5.74) is 6.09. The molecule has 2 N–H and O–H groups in total. The summed E-state index contributed by atoms with van der Waals surface area (Å²) < 4.78 is 33.4. The molecule has 0 amide bonds. The molecule has 8 heteroatoms. The first-order valence-corrected chi connectivity index (χ1v) is 5.94. The molecule has 0 spiro atoms. The molecule has 2 heterocycles. The standard InChI is InChI=1S/C12H11F2N5O/c1-6-16-10(20-18-6)2-3-19-9-5-7(13)4-8(14)11(9)17-12(19)15/h4-5H,2-3H2,1H3,(H2,15,17). The highest BCUT2D eigenvalue weighted by Gasteiger charge is 2.14. The third-order valence-corrected chi connectivity index (χ3v) is 2.92. The molecule has 0 aliphatic carbocycles. The summed E-state index contributed by atoms with van der Waals surface area (Å²) in [7, 11) is 0. The van der Waals surface area contributed by atoms with Crippen molar-refractivity contribution in [3.8, 4) is 0 Å². The Labute approximate surface area is 112 Å². The van der Waals surface area contributed by atoms with Gasteiger partial charge in [0.05, 0.1) is 5.52 Å². The number of benzene rings is 1. The predicted octanol–water partition coefficient (Wildman–Crippen LogP) is 1.83. The Morgan fingerprint density at radius 2 is 2.10 bits per heavy atom. The van der Waals surface area contributed by atoms with E-state index in [1.165, 1.54) is 10.6 Å². The molecule has 6 nitrogen and oxygen atoms in total. The van der Waals surface area contributed by atoms with E-state index in [0.29, 0.717) is 30.2 Å². The molecular formula is C12H11F2N5O. The summed E-state index contributed by atoms with van der Waals surface area (Å²) in [6.45, 7) is 2.05. The Hall–Kier alpha value is -2.51. The van der Waals surface area contributed by atoms with Crippen molar-refractivity contribution in [2.75, 3.05) is 5.73 Å². The van der Waals surface area contributed by atoms with Crippen LogP contribution in [0.15, 0.2) is 16.7 Å². The lowest BCUT2D eigenvalue weighted by Crippen LogP contribution is -2.06. The third kappa shape index (κ3) is 2.09. The monoisotopic (exact) mass is 279 g/mol. The summed E-state index contributed by atoms with van der Waals surface area (Å²) in [4.78, 5) is 7.96. The van der Waals surface area contributed by atoms with Crippen LogP contribution in [0.5, 0.6) is 0 Å². The van der Waals surface area contributed by atoms with Crippen molar-refractivity contribution < 1.29 is 13.3 Å². The minimum absolute atomic E-state index is 0.0469. The largest absolute Gasteiger partial charge is 0.369 e. The first kappa shape index (κ1) is 12.5. The van der Waals surface area contributed by atoms with Crippen LogP contribution in [-0.2, 0) is 13.0 Å². The Morgan fingerprint density at radius 3 is 2.80 bits per heavy atom. The number of aryl methyl sites for hydroxylation is 3. The van der Waals surface area contributed by atoms with Gasteiger partial charge in [0.2, 0.25) is 11.8 Å². The van der Waals surface area contributed by atoms with E-state index in [1.807, 2.05) is 0 Å². The lowest BCUT2D eigenvalue weighted by Gasteiger charge is -2.04. The highest BCUT2D eigenvalue weighted by molar-refractivity contribution is 5.79. The van der Waals surface area contributed by atoms with Gasteiger partial charge in [0.1, 0.15) is 11.3 Å². The van der Waals surface area contributed by atoms with Crippen molar-refractivity contribution in [2.45, 2.75) is 19.9 Å². The average Bonchev–Trinajstić information content (AvgIpc) is 2.91. The minimum atomic E-state index is -0.737. The number of nitrogen functional groups attached to an aromatic ring is 1. The van der Waals surface area contributed by atoms with E-state index in [-0.39, 0.29) is 11.5 Å². The van der Waals surface area contributed by atoms with Crippen LogP contribution in [0.2, 0.25) is 0 Å². The van der Waals surface area contributed by atoms with Gasteiger partial charge in [-0.2, -0.15) is 4.98 Å². The number of rotatable bonds is 3. The first-order chi connectivity index (χ1) is 9.54. The van der Waals surface area contributed by atoms with Crippen LogP contribution in [0.4, 0.5) is 14.7 Å². The number of fused-ring (bicyclic) bond motifs is 1. The Morgan fingerprint density at radius 1 is 1.30 bits per heavy atom. The summed E-state index contributed by atoms with van der Waals surface area (Å²) in [5, 5.41) is 3.67. The zero-order chi connectivity index (χ0) is 14.3. The number of halogens is 2. The van der Waals surface area contributed by atoms with Crippen molar-refractivity contribution in [3.63, 3.8) is 0 Å². The second-order valence-electron chi connectivity index (χ2n) is 4.36. The molecular weight excluding hydrogens is 268 g/mol. The van der Waals surface area contributed by atoms with Gasteiger partial charge >= 0.3 is 0 Å². The second-order valence-corrected chi connectivity index (χ2v) is 4.36. The first-order valence-electron chi connectivity index (χ1n) is 5.94. The fraction of sp³-hybridized carbons (Fsp3) is 0.250. The molecule has 104 valence electrons. The number of hydrogen-bond donors (Lipinski definition) is 1. The van der Waals surface area contributed by atoms with E-state index in [2.05, 4.69) is 15.1 Å². The quantitative estimate of drug-likeness (QED) is 0.790. The molecule has 0 saturated carbocycles. The van der Waals surface area contributed by atoms with Gasteiger partial charge in [0.25, 0.3) is 0 Å². The topological polar surface area (TPSA) is 82.8 Å². The fourth-order valence-corrected chi connectivity index (χ4v) is 2.05. The molecule has 0 bridgehead atoms. The number of nitrogens with two attached hydrogens (primary N) is 1. The Kier molecular flexibility index (Phi) is 2.85. The van der Waals surface area contributed by atoms with E-state index < -0.39 is 11.6 Å². The van der Waals surface area contributed by atoms with Crippen molar-refractivity contribution >= 4 is 17.0 Å². The number of aromatic nitrogens is 4. The van der Waals surface area contributed by atoms with E-state index in [1.54, 1.807) is 6.92 Å². The highest BCUT2D eigenvalue weighted by atomic mass is 19.1. The van der Waals surface area contributed by atoms with E-state index in [4.69, 9.17) is 10.3 Å². The van der Waals surface area contributed by atoms with Gasteiger partial charge in [0, 0.05) is 25.1 Å². The summed E-state index contributed by atoms with van der Waals surface area (Å²) >= 11 is 0. The molecule has 1 aromatic carbocycles. The molecule has 3 aromatic rings. The second kappa shape index (κ2) is 4.55. The third-order valence-electron chi connectivity index (χ3n) is 2.92. The number of hydrogen-bond acceptors (Lipinski definition) is 5. The van der Waals surface area contributed by atoms with Gasteiger partial charge in [-0.15, -0.1) is 0 Å². The summed E-state index contributed by atoms with van der Waals surface area (Å²) in [6, 6.07) is 1.97. The van der Waals surface area contributed by atoms with Gasteiger partial charge in [-0.1, -0.05) is 5.16 Å². The van der Waals surface area contributed by atoms with Crippen molar-refractivity contribution in [1.29, 1.82) is 0 Å². The van der Waals surface area contributed by atoms with Crippen LogP contribution >= 0.6 is 0 Å². The average molecular weight is 279 g/mol. The molecule has 0 unspecified atom stereocenters. The van der Waals surface area contributed by atoms with Crippen LogP contribution in [0.25, 0.3) is 11.0 Å². The number of nitrogens with zero attached hydrogens (tertiary/aromatic N) is 4. The molecule has 0 radical (unpaired) electrons. The molecule has 0 atom stereocenters. The zero-order valence-electron chi connectivity index (χ0n) is 10.6. The van der Waals surface area contributed by atoms with Crippen LogP contribution in [0, 0.1) is 18.6 Å². The molecule has 20 heavy (non-hydrogen) atoms. The van der Waals surface area contributed by atoms with Crippen molar-refractivity contribution in [1.82, 2.24) is 19.7 Å². The van der Waals surface area contributed by atoms with E-state index >= 15 is 0 Å². The Balaban J connectivity index is 1.96. The lowest BCUT2D eigenvalue weighted by molar-refractivity contribution is 0.369. The smallest absolute Gasteiger partial charge is 0.228 e. The summed E-state index contributed by atoms with van der Waals surface area (Å²) in [5.74, 6) is -0.342. The SMILES string of the molecule is Cc1noc(CCn2c(N)nc3c(F)cc(F)cc32)n1. The van der Waals surface area contributed by atoms with Crippen molar-refractivity contribution in [3.05, 3.63) is 35.5 Å². The van der Waals surface area contributed by atoms with E-state index in [0.717, 1.165) is 6.07 Å². The number of imidazole rings is 1. The maximum Gasteiger partial charge on any atom is 0.228 e. The molecule has 2 aromatic heterocycles. The van der Waals surface area contributed by atoms with Gasteiger partial charge in [0.15, 0.2) is 11.6 Å². The molecule has 0 aliphatic heterocycles. The van der Waals surface area contributed by atoms with Crippen LogP contribution in [-0.4, -0.2) is 19.7 Å². The molecule has 0 fully saturated rings. The predicted molar refractivity (Wildman–Crippen MR) is 66.8 cm³/mol. The molecule has 0 aliphatic rings. The van der Waals surface area contributed by atoms with Crippen LogP contribution in [0.3, 0.4) is 0 Å². The highest BCUT2D eigenvalue weighted by Crippen LogP contribution is 2.22. The normalized spacial score (nSPS) is 11.3. The molecule has 3 rings (SSSR count). The van der Waals surface area contributed by atoms with Crippen molar-refractivity contribution in [2.24, 2.45) is 0 Å². The maximum atomic E-state index is 13.6. The zero-order valence-corrected chi connectivity index (χ0v) is 10.6. The fourth-order valence-electron chi connectivity index (χ4n) is 2.05. The lowest BCUT2D eigenvalue weighted by atomic mass is 10.3. The van der Waals surface area contributed by atoms with E-state index in [9.17, 15) is 8.78 Å². The van der Waals surface area contributed by atoms with Gasteiger partial charge in [-0.25, -0.2) is 13.8 Å². The van der Waals surface area contributed by atoms with Crippen LogP contribution < -0.4 is 5.73 Å². The van der Waals surface area contributed by atoms with Gasteiger partial charge in [-0.05, 0) is 6.92 Å².